The molecule has 0 N–H and O–H groups in total. The molecule has 4 fully saturated rings. The molecule has 196 valence electrons. The standard InChI is InChI=1S/C29H30F3NO4/c1-17-26-24(23-9-10-28(35-11-12-36-28)15-20(23)14-25(26)27(34)37-17)8-7-22-6-5-19(16-33-22)18-3-2-4-21(13-18)29(30,31)32/h2-8,13,16-17,20,23-26H,9-12,14-15H2,1H3/b8-7+. The molecule has 1 aromatic carbocycles. The average Bonchev–Trinajstić information content (AvgIpc) is 3.45. The zero-order valence-electron chi connectivity index (χ0n) is 20.6. The van der Waals surface area contributed by atoms with Crippen LogP contribution >= 0.6 is 0 Å². The van der Waals surface area contributed by atoms with Crippen molar-refractivity contribution in [3.63, 3.8) is 0 Å². The molecule has 2 aromatic rings. The highest BCUT2D eigenvalue weighted by atomic mass is 19.4. The van der Waals surface area contributed by atoms with E-state index in [0.29, 0.717) is 36.2 Å². The molecule has 1 spiro atoms. The molecule has 3 heterocycles. The summed E-state index contributed by atoms with van der Waals surface area (Å²) in [7, 11) is 0. The number of fused-ring (bicyclic) bond motifs is 2. The van der Waals surface area contributed by atoms with Gasteiger partial charge in [-0.2, -0.15) is 13.2 Å². The number of hydrogen-bond acceptors (Lipinski definition) is 5. The van der Waals surface area contributed by atoms with E-state index in [1.165, 1.54) is 6.07 Å². The van der Waals surface area contributed by atoms with Gasteiger partial charge in [0.1, 0.15) is 6.10 Å². The number of esters is 1. The lowest BCUT2D eigenvalue weighted by Crippen LogP contribution is -2.49. The second-order valence-electron chi connectivity index (χ2n) is 10.8. The Morgan fingerprint density at radius 2 is 1.92 bits per heavy atom. The highest BCUT2D eigenvalue weighted by Gasteiger charge is 2.57. The molecule has 2 aliphatic carbocycles. The third kappa shape index (κ3) is 4.59. The van der Waals surface area contributed by atoms with Gasteiger partial charge in [-0.1, -0.05) is 24.3 Å². The third-order valence-electron chi connectivity index (χ3n) is 8.76. The Labute approximate surface area is 214 Å². The molecule has 6 atom stereocenters. The van der Waals surface area contributed by atoms with E-state index in [1.54, 1.807) is 18.3 Å². The average molecular weight is 514 g/mol. The van der Waals surface area contributed by atoms with Gasteiger partial charge in [-0.25, -0.2) is 0 Å². The fourth-order valence-electron chi connectivity index (χ4n) is 7.11. The second kappa shape index (κ2) is 9.24. The molecule has 0 bridgehead atoms. The summed E-state index contributed by atoms with van der Waals surface area (Å²) in [6, 6.07) is 8.87. The van der Waals surface area contributed by atoms with Crippen LogP contribution in [0.25, 0.3) is 17.2 Å². The molecular formula is C29H30F3NO4. The minimum Gasteiger partial charge on any atom is -0.462 e. The van der Waals surface area contributed by atoms with Crippen molar-refractivity contribution < 1.29 is 32.2 Å². The lowest BCUT2D eigenvalue weighted by molar-refractivity contribution is -0.204. The van der Waals surface area contributed by atoms with Crippen molar-refractivity contribution >= 4 is 12.0 Å². The molecule has 8 heteroatoms. The van der Waals surface area contributed by atoms with E-state index in [1.807, 2.05) is 19.1 Å². The molecule has 4 aliphatic rings. The Morgan fingerprint density at radius 3 is 2.65 bits per heavy atom. The summed E-state index contributed by atoms with van der Waals surface area (Å²) < 4.78 is 57.0. The third-order valence-corrected chi connectivity index (χ3v) is 8.76. The van der Waals surface area contributed by atoms with Crippen LogP contribution in [-0.4, -0.2) is 36.1 Å². The van der Waals surface area contributed by atoms with Gasteiger partial charge in [0.2, 0.25) is 0 Å². The quantitative estimate of drug-likeness (QED) is 0.462. The summed E-state index contributed by atoms with van der Waals surface area (Å²) >= 11 is 0. The van der Waals surface area contributed by atoms with E-state index in [4.69, 9.17) is 14.2 Å². The van der Waals surface area contributed by atoms with Crippen molar-refractivity contribution in [3.05, 3.63) is 59.9 Å². The Bertz CT molecular complexity index is 1190. The number of ether oxygens (including phenoxy) is 3. The van der Waals surface area contributed by atoms with E-state index in [0.717, 1.165) is 43.5 Å². The highest BCUT2D eigenvalue weighted by Crippen LogP contribution is 2.56. The van der Waals surface area contributed by atoms with Crippen LogP contribution in [0.3, 0.4) is 0 Å². The lowest BCUT2D eigenvalue weighted by atomic mass is 9.56. The predicted molar refractivity (Wildman–Crippen MR) is 130 cm³/mol. The number of aromatic nitrogens is 1. The van der Waals surface area contributed by atoms with Crippen molar-refractivity contribution in [2.75, 3.05) is 13.2 Å². The minimum absolute atomic E-state index is 0.106. The van der Waals surface area contributed by atoms with Crippen molar-refractivity contribution in [1.29, 1.82) is 0 Å². The summed E-state index contributed by atoms with van der Waals surface area (Å²) in [5.74, 6) is 0.262. The van der Waals surface area contributed by atoms with E-state index >= 15 is 0 Å². The minimum atomic E-state index is -4.39. The summed E-state index contributed by atoms with van der Waals surface area (Å²) in [4.78, 5) is 17.2. The number of alkyl halides is 3. The number of cyclic esters (lactones) is 1. The normalized spacial score (nSPS) is 32.9. The van der Waals surface area contributed by atoms with Crippen LogP contribution in [0, 0.1) is 29.6 Å². The molecule has 2 aliphatic heterocycles. The van der Waals surface area contributed by atoms with E-state index in [2.05, 4.69) is 11.1 Å². The van der Waals surface area contributed by atoms with E-state index < -0.39 is 17.5 Å². The Balaban J connectivity index is 1.24. The van der Waals surface area contributed by atoms with Crippen LogP contribution in [0.5, 0.6) is 0 Å². The number of carbonyl (C=O) groups is 1. The fraction of sp³-hybridized carbons (Fsp3) is 0.517. The van der Waals surface area contributed by atoms with Crippen LogP contribution in [-0.2, 0) is 25.2 Å². The number of carbonyl (C=O) groups excluding carboxylic acids is 1. The second-order valence-corrected chi connectivity index (χ2v) is 10.8. The van der Waals surface area contributed by atoms with Gasteiger partial charge in [-0.05, 0) is 67.4 Å². The zero-order chi connectivity index (χ0) is 25.8. The molecule has 2 saturated heterocycles. The first kappa shape index (κ1) is 24.6. The van der Waals surface area contributed by atoms with E-state index in [9.17, 15) is 18.0 Å². The summed E-state index contributed by atoms with van der Waals surface area (Å²) in [5, 5.41) is 0. The lowest BCUT2D eigenvalue weighted by Gasteiger charge is -2.49. The zero-order valence-corrected chi connectivity index (χ0v) is 20.6. The maximum atomic E-state index is 13.1. The molecule has 6 unspecified atom stereocenters. The molecule has 1 aromatic heterocycles. The van der Waals surface area contributed by atoms with Crippen molar-refractivity contribution in [2.45, 2.75) is 50.7 Å². The van der Waals surface area contributed by atoms with Gasteiger partial charge in [0.05, 0.1) is 30.4 Å². The van der Waals surface area contributed by atoms with Gasteiger partial charge in [-0.15, -0.1) is 0 Å². The summed E-state index contributed by atoms with van der Waals surface area (Å²) in [5.41, 5.74) is 1.14. The topological polar surface area (TPSA) is 57.7 Å². The maximum absolute atomic E-state index is 13.1. The number of halogens is 3. The fourth-order valence-corrected chi connectivity index (χ4v) is 7.11. The molecule has 2 saturated carbocycles. The van der Waals surface area contributed by atoms with Gasteiger partial charge >= 0.3 is 12.1 Å². The monoisotopic (exact) mass is 513 g/mol. The predicted octanol–water partition coefficient (Wildman–Crippen LogP) is 6.14. The molecule has 5 nitrogen and oxygen atoms in total. The van der Waals surface area contributed by atoms with E-state index in [-0.39, 0.29) is 29.8 Å². The Hall–Kier alpha value is -2.71. The highest BCUT2D eigenvalue weighted by molar-refractivity contribution is 5.75. The van der Waals surface area contributed by atoms with Gasteiger partial charge < -0.3 is 14.2 Å². The largest absolute Gasteiger partial charge is 0.462 e. The molecule has 0 amide bonds. The van der Waals surface area contributed by atoms with Crippen molar-refractivity contribution in [3.8, 4) is 11.1 Å². The van der Waals surface area contributed by atoms with Gasteiger partial charge in [-0.3, -0.25) is 9.78 Å². The van der Waals surface area contributed by atoms with Gasteiger partial charge in [0.25, 0.3) is 0 Å². The smallest absolute Gasteiger partial charge is 0.416 e. The number of pyridine rings is 1. The Kier molecular flexibility index (Phi) is 6.15. The number of benzene rings is 1. The van der Waals surface area contributed by atoms with Crippen LogP contribution in [0.1, 0.15) is 43.9 Å². The van der Waals surface area contributed by atoms with Crippen molar-refractivity contribution in [2.24, 2.45) is 29.6 Å². The SMILES string of the molecule is CC1OC(=O)C2CC3CC4(CCC3C(/C=C/c3ccc(-c5cccc(C(F)(F)F)c5)cn3)C12)OCCO4. The molecular weight excluding hydrogens is 483 g/mol. The van der Waals surface area contributed by atoms with Crippen LogP contribution in [0.15, 0.2) is 48.7 Å². The number of hydrogen-bond donors (Lipinski definition) is 0. The van der Waals surface area contributed by atoms with Crippen molar-refractivity contribution in [1.82, 2.24) is 4.98 Å². The van der Waals surface area contributed by atoms with Crippen LogP contribution in [0.2, 0.25) is 0 Å². The first-order chi connectivity index (χ1) is 17.7. The summed E-state index contributed by atoms with van der Waals surface area (Å²) in [6.07, 6.45) is 4.65. The first-order valence-corrected chi connectivity index (χ1v) is 13.0. The molecule has 0 radical (unpaired) electrons. The maximum Gasteiger partial charge on any atom is 0.416 e. The number of nitrogens with zero attached hydrogens (tertiary/aromatic N) is 1. The van der Waals surface area contributed by atoms with Crippen LogP contribution < -0.4 is 0 Å². The first-order valence-electron chi connectivity index (χ1n) is 13.0. The molecule has 37 heavy (non-hydrogen) atoms. The number of rotatable bonds is 3. The van der Waals surface area contributed by atoms with Gasteiger partial charge in [0.15, 0.2) is 5.79 Å². The van der Waals surface area contributed by atoms with Gasteiger partial charge in [0, 0.05) is 30.5 Å². The summed E-state index contributed by atoms with van der Waals surface area (Å²) in [6.45, 7) is 3.22. The molecule has 6 rings (SSSR count). The number of allylic oxidation sites excluding steroid dienone is 1. The van der Waals surface area contributed by atoms with Crippen LogP contribution in [0.4, 0.5) is 13.2 Å². The Morgan fingerprint density at radius 1 is 1.11 bits per heavy atom.